The van der Waals surface area contributed by atoms with Crippen molar-refractivity contribution in [2.75, 3.05) is 38.7 Å². The van der Waals surface area contributed by atoms with E-state index in [-0.39, 0.29) is 17.9 Å². The molecule has 3 aliphatic rings. The maximum absolute atomic E-state index is 15.1. The monoisotopic (exact) mass is 364 g/mol. The number of hydrogen-bond donors (Lipinski definition) is 0. The molecule has 0 bridgehead atoms. The molecule has 0 spiro atoms. The fraction of sp³-hybridized carbons (Fsp3) is 0.500. The van der Waals surface area contributed by atoms with Gasteiger partial charge in [-0.15, -0.1) is 0 Å². The maximum Gasteiger partial charge on any atom is 0.152 e. The fourth-order valence-electron chi connectivity index (χ4n) is 4.11. The summed E-state index contributed by atoms with van der Waals surface area (Å²) in [6.07, 6.45) is 0. The Bertz CT molecular complexity index is 809. The van der Waals surface area contributed by atoms with Gasteiger partial charge in [0.1, 0.15) is 18.3 Å². The predicted molar refractivity (Wildman–Crippen MR) is 98.3 cm³/mol. The van der Waals surface area contributed by atoms with Crippen LogP contribution in [0.4, 0.5) is 10.1 Å². The summed E-state index contributed by atoms with van der Waals surface area (Å²) in [5.74, 6) is 1.42. The minimum atomic E-state index is -0.344. The van der Waals surface area contributed by atoms with Crippen molar-refractivity contribution in [1.29, 1.82) is 0 Å². The highest BCUT2D eigenvalue weighted by Gasteiger charge is 2.42. The third-order valence-electron chi connectivity index (χ3n) is 5.34. The van der Waals surface area contributed by atoms with Crippen molar-refractivity contribution in [2.24, 2.45) is 4.99 Å². The largest absolute Gasteiger partial charge is 0.489 e. The maximum atomic E-state index is 15.1. The molecule has 134 valence electrons. The molecule has 1 aromatic carbocycles. The Kier molecular flexibility index (Phi) is 3.74. The number of hydrogen-bond acceptors (Lipinski definition) is 5. The molecule has 4 rings (SSSR count). The zero-order valence-corrected chi connectivity index (χ0v) is 15.7. The van der Waals surface area contributed by atoms with Gasteiger partial charge in [-0.25, -0.2) is 9.38 Å². The number of aliphatic imine (C=N–C) groups is 1. The standard InChI is InChI=1S/C18H22ClFN4O/c1-9-6-22(4)7-12-8-25-17-13-16(15(20)10(2)14(17)19)23(5)11(3)21-18(13)24(9)12/h9,12H,3,6-8H2,1-2,4-5H3. The van der Waals surface area contributed by atoms with Crippen LogP contribution < -0.4 is 9.64 Å². The molecule has 7 heteroatoms. The Hall–Kier alpha value is -1.79. The lowest BCUT2D eigenvalue weighted by atomic mass is 10.00. The van der Waals surface area contributed by atoms with Crippen LogP contribution in [-0.2, 0) is 0 Å². The number of piperazine rings is 1. The first-order valence-electron chi connectivity index (χ1n) is 8.44. The summed E-state index contributed by atoms with van der Waals surface area (Å²) in [6.45, 7) is 10.1. The molecule has 1 fully saturated rings. The predicted octanol–water partition coefficient (Wildman–Crippen LogP) is 2.85. The number of halogens is 2. The van der Waals surface area contributed by atoms with Crippen LogP contribution in [0, 0.1) is 12.7 Å². The molecule has 2 atom stereocenters. The van der Waals surface area contributed by atoms with E-state index in [9.17, 15) is 0 Å². The molecule has 25 heavy (non-hydrogen) atoms. The first-order chi connectivity index (χ1) is 11.8. The van der Waals surface area contributed by atoms with Crippen LogP contribution in [-0.4, -0.2) is 61.5 Å². The summed E-state index contributed by atoms with van der Waals surface area (Å²) >= 11 is 6.46. The second-order valence-corrected chi connectivity index (χ2v) is 7.54. The number of benzene rings is 1. The van der Waals surface area contributed by atoms with Crippen molar-refractivity contribution in [3.05, 3.63) is 34.4 Å². The van der Waals surface area contributed by atoms with E-state index >= 15 is 4.39 Å². The molecule has 0 N–H and O–H groups in total. The highest BCUT2D eigenvalue weighted by atomic mass is 35.5. The number of ether oxygens (including phenoxy) is 1. The molecule has 0 aliphatic carbocycles. The van der Waals surface area contributed by atoms with Crippen LogP contribution in [0.2, 0.25) is 5.02 Å². The minimum absolute atomic E-state index is 0.128. The Morgan fingerprint density at radius 3 is 2.76 bits per heavy atom. The molecule has 5 nitrogen and oxygen atoms in total. The van der Waals surface area contributed by atoms with E-state index < -0.39 is 0 Å². The number of fused-ring (bicyclic) bond motifs is 2. The summed E-state index contributed by atoms with van der Waals surface area (Å²) in [6, 6.07) is 0.354. The van der Waals surface area contributed by atoms with Gasteiger partial charge in [0.25, 0.3) is 0 Å². The van der Waals surface area contributed by atoms with E-state index in [1.54, 1.807) is 18.9 Å². The molecule has 0 aromatic heterocycles. The van der Waals surface area contributed by atoms with Crippen molar-refractivity contribution < 1.29 is 9.13 Å². The van der Waals surface area contributed by atoms with Crippen LogP contribution >= 0.6 is 11.6 Å². The van der Waals surface area contributed by atoms with E-state index in [1.165, 1.54) is 0 Å². The molecule has 0 amide bonds. The van der Waals surface area contributed by atoms with Crippen LogP contribution in [0.3, 0.4) is 0 Å². The van der Waals surface area contributed by atoms with E-state index in [0.29, 0.717) is 40.0 Å². The first kappa shape index (κ1) is 16.7. The Morgan fingerprint density at radius 2 is 2.04 bits per heavy atom. The highest BCUT2D eigenvalue weighted by molar-refractivity contribution is 6.34. The average Bonchev–Trinajstić information content (AvgIpc) is 2.70. The van der Waals surface area contributed by atoms with Crippen molar-refractivity contribution >= 4 is 23.1 Å². The molecule has 1 aromatic rings. The van der Waals surface area contributed by atoms with Gasteiger partial charge in [-0.2, -0.15) is 0 Å². The Morgan fingerprint density at radius 1 is 1.32 bits per heavy atom. The smallest absolute Gasteiger partial charge is 0.152 e. The first-order valence-corrected chi connectivity index (χ1v) is 8.82. The molecule has 0 saturated carbocycles. The zero-order chi connectivity index (χ0) is 18.0. The summed E-state index contributed by atoms with van der Waals surface area (Å²) in [4.78, 5) is 10.9. The van der Waals surface area contributed by atoms with Gasteiger partial charge >= 0.3 is 0 Å². The second-order valence-electron chi connectivity index (χ2n) is 7.16. The molecular weight excluding hydrogens is 343 g/mol. The molecule has 2 unspecified atom stereocenters. The normalized spacial score (nSPS) is 25.8. The van der Waals surface area contributed by atoms with Gasteiger partial charge in [0.2, 0.25) is 0 Å². The minimum Gasteiger partial charge on any atom is -0.489 e. The fourth-order valence-corrected chi connectivity index (χ4v) is 4.35. The number of anilines is 1. The topological polar surface area (TPSA) is 31.3 Å². The van der Waals surface area contributed by atoms with Crippen molar-refractivity contribution in [2.45, 2.75) is 25.9 Å². The third kappa shape index (κ3) is 2.27. The average molecular weight is 365 g/mol. The van der Waals surface area contributed by atoms with Crippen LogP contribution in [0.25, 0.3) is 0 Å². The van der Waals surface area contributed by atoms with Crippen LogP contribution in [0.5, 0.6) is 5.75 Å². The lowest BCUT2D eigenvalue weighted by molar-refractivity contribution is 0.0766. The highest BCUT2D eigenvalue weighted by Crippen LogP contribution is 2.46. The van der Waals surface area contributed by atoms with E-state index in [2.05, 4.69) is 30.4 Å². The van der Waals surface area contributed by atoms with Gasteiger partial charge in [0.15, 0.2) is 11.6 Å². The van der Waals surface area contributed by atoms with Gasteiger partial charge in [0, 0.05) is 31.7 Å². The van der Waals surface area contributed by atoms with Crippen molar-refractivity contribution in [3.63, 3.8) is 0 Å². The lowest BCUT2D eigenvalue weighted by Crippen LogP contribution is -2.60. The Labute approximate surface area is 152 Å². The van der Waals surface area contributed by atoms with Crippen molar-refractivity contribution in [1.82, 2.24) is 9.80 Å². The number of rotatable bonds is 0. The van der Waals surface area contributed by atoms with E-state index in [1.807, 2.05) is 0 Å². The lowest BCUT2D eigenvalue weighted by Gasteiger charge is -2.45. The zero-order valence-electron chi connectivity index (χ0n) is 14.9. The van der Waals surface area contributed by atoms with Crippen LogP contribution in [0.1, 0.15) is 18.1 Å². The second kappa shape index (κ2) is 5.61. The Balaban J connectivity index is 2.00. The van der Waals surface area contributed by atoms with Gasteiger partial charge in [0.05, 0.1) is 22.3 Å². The van der Waals surface area contributed by atoms with Gasteiger partial charge in [-0.1, -0.05) is 18.2 Å². The van der Waals surface area contributed by atoms with Crippen LogP contribution in [0.15, 0.2) is 17.4 Å². The SMILES string of the molecule is C=C1N=C2c3c(c(Cl)c(C)c(F)c3N1C)OCC1CN(C)CC(C)N21. The third-order valence-corrected chi connectivity index (χ3v) is 5.80. The quantitative estimate of drug-likeness (QED) is 0.708. The van der Waals surface area contributed by atoms with E-state index in [4.69, 9.17) is 21.3 Å². The number of amidine groups is 1. The summed E-state index contributed by atoms with van der Waals surface area (Å²) in [5, 5.41) is 0.325. The summed E-state index contributed by atoms with van der Waals surface area (Å²) in [5.41, 5.74) is 1.47. The van der Waals surface area contributed by atoms with Crippen molar-refractivity contribution in [3.8, 4) is 5.75 Å². The molecular formula is C18H22ClFN4O. The molecule has 3 aliphatic heterocycles. The number of nitrogens with zero attached hydrogens (tertiary/aromatic N) is 4. The number of likely N-dealkylation sites (N-methyl/N-ethyl adjacent to an activating group) is 1. The molecule has 0 radical (unpaired) electrons. The molecule has 1 saturated heterocycles. The van der Waals surface area contributed by atoms with Gasteiger partial charge < -0.3 is 19.4 Å². The van der Waals surface area contributed by atoms with E-state index in [0.717, 1.165) is 18.9 Å². The summed E-state index contributed by atoms with van der Waals surface area (Å²) in [7, 11) is 3.87. The summed E-state index contributed by atoms with van der Waals surface area (Å²) < 4.78 is 21.2. The van der Waals surface area contributed by atoms with Gasteiger partial charge in [-0.3, -0.25) is 0 Å². The van der Waals surface area contributed by atoms with Gasteiger partial charge in [-0.05, 0) is 20.9 Å². The molecule has 3 heterocycles.